The normalized spacial score (nSPS) is 13.2. The first-order valence-electron chi connectivity index (χ1n) is 16.7. The van der Waals surface area contributed by atoms with Crippen molar-refractivity contribution in [2.45, 2.75) is 32.1 Å². The number of nitrogens with zero attached hydrogens (tertiary/aromatic N) is 1. The van der Waals surface area contributed by atoms with Gasteiger partial charge < -0.3 is 4.90 Å². The summed E-state index contributed by atoms with van der Waals surface area (Å²) >= 11 is 1.90. The minimum absolute atomic E-state index is 0.00541. The van der Waals surface area contributed by atoms with Crippen LogP contribution in [0.25, 0.3) is 53.2 Å². The standard InChI is InChI=1S/C45H35NS/c1-3-45(4-2)39-21-11-8-18-33(39)34-26-25-31(29-40(34)45)46(41-22-12-9-17-32(41)30-15-6-5-7-16-30)42-23-14-20-37-35(42)27-28-38-36-19-10-13-24-43(36)47-44(37)38/h5-29H,3-4H2,1-2H3. The number of para-hydroxylation sites is 1. The van der Waals surface area contributed by atoms with E-state index in [1.54, 1.807) is 0 Å². The molecule has 0 radical (unpaired) electrons. The number of rotatable bonds is 6. The van der Waals surface area contributed by atoms with Gasteiger partial charge in [-0.15, -0.1) is 11.3 Å². The molecular formula is C45H35NS. The van der Waals surface area contributed by atoms with E-state index in [1.165, 1.54) is 81.4 Å². The Kier molecular flexibility index (Phi) is 6.55. The van der Waals surface area contributed by atoms with Gasteiger partial charge in [-0.05, 0) is 71.0 Å². The summed E-state index contributed by atoms with van der Waals surface area (Å²) in [4.78, 5) is 2.52. The van der Waals surface area contributed by atoms with E-state index >= 15 is 0 Å². The molecule has 0 saturated carbocycles. The van der Waals surface area contributed by atoms with E-state index < -0.39 is 0 Å². The molecule has 7 aromatic carbocycles. The summed E-state index contributed by atoms with van der Waals surface area (Å²) < 4.78 is 2.68. The molecule has 226 valence electrons. The fourth-order valence-corrected chi connectivity index (χ4v) is 9.48. The van der Waals surface area contributed by atoms with Crippen LogP contribution >= 0.6 is 11.3 Å². The first-order chi connectivity index (χ1) is 23.2. The van der Waals surface area contributed by atoms with Crippen LogP contribution in [0.15, 0.2) is 152 Å². The van der Waals surface area contributed by atoms with Gasteiger partial charge in [0.2, 0.25) is 0 Å². The van der Waals surface area contributed by atoms with E-state index in [0.29, 0.717) is 0 Å². The molecule has 0 bridgehead atoms. The summed E-state index contributed by atoms with van der Waals surface area (Å²) in [6, 6.07) is 56.3. The fraction of sp³-hybridized carbons (Fsp3) is 0.111. The Morgan fingerprint density at radius 2 is 1.13 bits per heavy atom. The lowest BCUT2D eigenvalue weighted by Crippen LogP contribution is -2.23. The molecule has 0 aliphatic heterocycles. The molecule has 1 heterocycles. The molecule has 0 atom stereocenters. The summed E-state index contributed by atoms with van der Waals surface area (Å²) in [5, 5.41) is 5.22. The van der Waals surface area contributed by atoms with Crippen molar-refractivity contribution in [1.82, 2.24) is 0 Å². The van der Waals surface area contributed by atoms with Crippen molar-refractivity contribution >= 4 is 59.3 Å². The minimum Gasteiger partial charge on any atom is -0.309 e. The molecule has 1 nitrogen and oxygen atoms in total. The van der Waals surface area contributed by atoms with Crippen LogP contribution in [-0.4, -0.2) is 0 Å². The van der Waals surface area contributed by atoms with E-state index in [1.807, 2.05) is 11.3 Å². The molecule has 0 amide bonds. The summed E-state index contributed by atoms with van der Waals surface area (Å²) in [5.41, 5.74) is 11.6. The van der Waals surface area contributed by atoms with Crippen LogP contribution in [0.3, 0.4) is 0 Å². The van der Waals surface area contributed by atoms with Gasteiger partial charge in [0.1, 0.15) is 0 Å². The van der Waals surface area contributed by atoms with E-state index in [2.05, 4.69) is 170 Å². The van der Waals surface area contributed by atoms with E-state index in [4.69, 9.17) is 0 Å². The molecule has 8 aromatic rings. The van der Waals surface area contributed by atoms with Crippen LogP contribution in [0.1, 0.15) is 37.8 Å². The molecule has 0 spiro atoms. The molecule has 9 rings (SSSR count). The third-order valence-electron chi connectivity index (χ3n) is 10.6. The van der Waals surface area contributed by atoms with Gasteiger partial charge in [0.25, 0.3) is 0 Å². The van der Waals surface area contributed by atoms with Crippen molar-refractivity contribution in [3.05, 3.63) is 163 Å². The van der Waals surface area contributed by atoms with Crippen LogP contribution in [0, 0.1) is 0 Å². The number of anilines is 3. The highest BCUT2D eigenvalue weighted by Crippen LogP contribution is 2.55. The molecular weight excluding hydrogens is 587 g/mol. The molecule has 0 fully saturated rings. The van der Waals surface area contributed by atoms with Gasteiger partial charge in [-0.25, -0.2) is 0 Å². The van der Waals surface area contributed by atoms with Crippen LogP contribution in [0.5, 0.6) is 0 Å². The van der Waals surface area contributed by atoms with Crippen molar-refractivity contribution in [3.63, 3.8) is 0 Å². The Labute approximate surface area is 280 Å². The van der Waals surface area contributed by atoms with Gasteiger partial charge in [-0.3, -0.25) is 0 Å². The summed E-state index contributed by atoms with van der Waals surface area (Å²) in [5.74, 6) is 0. The highest BCUT2D eigenvalue weighted by molar-refractivity contribution is 7.26. The predicted octanol–water partition coefficient (Wildman–Crippen LogP) is 13.4. The molecule has 1 aliphatic carbocycles. The Bertz CT molecular complexity index is 2450. The zero-order valence-corrected chi connectivity index (χ0v) is 27.5. The molecule has 1 aliphatic rings. The van der Waals surface area contributed by atoms with Gasteiger partial charge >= 0.3 is 0 Å². The Morgan fingerprint density at radius 3 is 1.98 bits per heavy atom. The smallest absolute Gasteiger partial charge is 0.0540 e. The molecule has 1 aromatic heterocycles. The summed E-state index contributed by atoms with van der Waals surface area (Å²) in [6.45, 7) is 4.71. The number of benzene rings is 7. The number of hydrogen-bond donors (Lipinski definition) is 0. The van der Waals surface area contributed by atoms with E-state index in [0.717, 1.165) is 12.8 Å². The van der Waals surface area contributed by atoms with Crippen LogP contribution in [0.4, 0.5) is 17.1 Å². The number of hydrogen-bond acceptors (Lipinski definition) is 2. The Hall–Kier alpha value is -5.18. The van der Waals surface area contributed by atoms with Gasteiger partial charge in [0, 0.05) is 47.6 Å². The zero-order valence-electron chi connectivity index (χ0n) is 26.7. The maximum absolute atomic E-state index is 2.52. The molecule has 47 heavy (non-hydrogen) atoms. The van der Waals surface area contributed by atoms with Gasteiger partial charge in [-0.2, -0.15) is 0 Å². The lowest BCUT2D eigenvalue weighted by atomic mass is 9.74. The zero-order chi connectivity index (χ0) is 31.5. The maximum Gasteiger partial charge on any atom is 0.0540 e. The minimum atomic E-state index is -0.00541. The number of fused-ring (bicyclic) bond motifs is 8. The van der Waals surface area contributed by atoms with Crippen molar-refractivity contribution in [2.24, 2.45) is 0 Å². The van der Waals surface area contributed by atoms with Crippen molar-refractivity contribution in [1.29, 1.82) is 0 Å². The van der Waals surface area contributed by atoms with Gasteiger partial charge in [0.15, 0.2) is 0 Å². The average Bonchev–Trinajstić information content (AvgIpc) is 3.66. The van der Waals surface area contributed by atoms with Crippen LogP contribution in [0.2, 0.25) is 0 Å². The first-order valence-corrected chi connectivity index (χ1v) is 17.6. The predicted molar refractivity (Wildman–Crippen MR) is 204 cm³/mol. The molecule has 0 saturated heterocycles. The van der Waals surface area contributed by atoms with Crippen molar-refractivity contribution in [3.8, 4) is 22.3 Å². The monoisotopic (exact) mass is 621 g/mol. The molecule has 0 N–H and O–H groups in total. The van der Waals surface area contributed by atoms with Crippen molar-refractivity contribution < 1.29 is 0 Å². The van der Waals surface area contributed by atoms with Crippen LogP contribution < -0.4 is 4.90 Å². The highest BCUT2D eigenvalue weighted by atomic mass is 32.1. The summed E-state index contributed by atoms with van der Waals surface area (Å²) in [7, 11) is 0. The SMILES string of the molecule is CCC1(CC)c2ccccc2-c2ccc(N(c3ccccc3-c3ccccc3)c3cccc4c3ccc3c5ccccc5sc43)cc21. The third kappa shape index (κ3) is 4.15. The van der Waals surface area contributed by atoms with E-state index in [-0.39, 0.29) is 5.41 Å². The second-order valence-electron chi connectivity index (χ2n) is 12.7. The lowest BCUT2D eigenvalue weighted by Gasteiger charge is -2.32. The Morgan fingerprint density at radius 1 is 0.489 bits per heavy atom. The first kappa shape index (κ1) is 28.1. The topological polar surface area (TPSA) is 3.24 Å². The average molecular weight is 622 g/mol. The Balaban J connectivity index is 1.34. The number of thiophene rings is 1. The second-order valence-corrected chi connectivity index (χ2v) is 13.7. The quantitative estimate of drug-likeness (QED) is 0.179. The lowest BCUT2D eigenvalue weighted by molar-refractivity contribution is 0.490. The van der Waals surface area contributed by atoms with Crippen molar-refractivity contribution in [2.75, 3.05) is 4.90 Å². The van der Waals surface area contributed by atoms with Crippen LogP contribution in [-0.2, 0) is 5.41 Å². The van der Waals surface area contributed by atoms with E-state index in [9.17, 15) is 0 Å². The molecule has 2 heteroatoms. The third-order valence-corrected chi connectivity index (χ3v) is 11.8. The van der Waals surface area contributed by atoms with Gasteiger partial charge in [0.05, 0.1) is 11.4 Å². The second kappa shape index (κ2) is 11.0. The summed E-state index contributed by atoms with van der Waals surface area (Å²) in [6.07, 6.45) is 2.13. The molecule has 0 unspecified atom stereocenters. The fourth-order valence-electron chi connectivity index (χ4n) is 8.25. The highest BCUT2D eigenvalue weighted by Gasteiger charge is 2.40. The van der Waals surface area contributed by atoms with Gasteiger partial charge in [-0.1, -0.05) is 135 Å². The maximum atomic E-state index is 2.52. The largest absolute Gasteiger partial charge is 0.309 e.